The smallest absolute Gasteiger partial charge is 0.325 e. The molecule has 0 unspecified atom stereocenters. The molecular formula is C17H17N3O3. The number of imide groups is 1. The van der Waals surface area contributed by atoms with E-state index >= 15 is 0 Å². The molecule has 1 N–H and O–H groups in total. The minimum absolute atomic E-state index is 0.0882. The van der Waals surface area contributed by atoms with E-state index in [4.69, 9.17) is 4.42 Å². The molecule has 0 radical (unpaired) electrons. The summed E-state index contributed by atoms with van der Waals surface area (Å²) in [5, 5.41) is 3.01. The molecule has 2 aliphatic carbocycles. The van der Waals surface area contributed by atoms with Gasteiger partial charge in [-0.15, -0.1) is 0 Å². The molecule has 2 aromatic rings. The van der Waals surface area contributed by atoms with Crippen molar-refractivity contribution in [2.75, 3.05) is 0 Å². The van der Waals surface area contributed by atoms with Crippen LogP contribution < -0.4 is 5.32 Å². The van der Waals surface area contributed by atoms with Crippen LogP contribution in [-0.2, 0) is 11.3 Å². The van der Waals surface area contributed by atoms with Crippen LogP contribution in [0.2, 0.25) is 0 Å². The van der Waals surface area contributed by atoms with E-state index in [0.717, 1.165) is 31.2 Å². The van der Waals surface area contributed by atoms with Gasteiger partial charge in [-0.1, -0.05) is 12.1 Å². The van der Waals surface area contributed by atoms with Crippen LogP contribution in [0.25, 0.3) is 11.1 Å². The van der Waals surface area contributed by atoms with Crippen molar-refractivity contribution >= 4 is 23.0 Å². The third kappa shape index (κ3) is 1.84. The van der Waals surface area contributed by atoms with Gasteiger partial charge >= 0.3 is 6.03 Å². The Bertz CT molecular complexity index is 774. The molecular weight excluding hydrogens is 294 g/mol. The minimum Gasteiger partial charge on any atom is -0.439 e. The number of oxazole rings is 1. The van der Waals surface area contributed by atoms with E-state index in [2.05, 4.69) is 10.3 Å². The molecule has 2 heterocycles. The van der Waals surface area contributed by atoms with Crippen LogP contribution in [0.4, 0.5) is 4.79 Å². The third-order valence-corrected chi connectivity index (χ3v) is 5.23. The largest absolute Gasteiger partial charge is 0.439 e. The van der Waals surface area contributed by atoms with Gasteiger partial charge in [-0.25, -0.2) is 9.78 Å². The second kappa shape index (κ2) is 4.34. The van der Waals surface area contributed by atoms with E-state index in [1.165, 1.54) is 4.90 Å². The number of amides is 3. The quantitative estimate of drug-likeness (QED) is 0.880. The summed E-state index contributed by atoms with van der Waals surface area (Å²) in [7, 11) is 0. The lowest BCUT2D eigenvalue weighted by Gasteiger charge is -2.26. The summed E-state index contributed by atoms with van der Waals surface area (Å²) in [6.07, 6.45) is 4.11. The maximum absolute atomic E-state index is 13.0. The van der Waals surface area contributed by atoms with E-state index in [0.29, 0.717) is 23.3 Å². The summed E-state index contributed by atoms with van der Waals surface area (Å²) in [5.41, 5.74) is 0.763. The van der Waals surface area contributed by atoms with Crippen LogP contribution in [0.1, 0.15) is 31.6 Å². The summed E-state index contributed by atoms with van der Waals surface area (Å²) >= 11 is 0. The molecule has 1 aromatic heterocycles. The minimum atomic E-state index is -0.650. The lowest BCUT2D eigenvalue weighted by molar-refractivity contribution is -0.133. The van der Waals surface area contributed by atoms with Crippen molar-refractivity contribution in [3.63, 3.8) is 0 Å². The summed E-state index contributed by atoms with van der Waals surface area (Å²) in [6, 6.07) is 7.13. The predicted molar refractivity (Wildman–Crippen MR) is 81.3 cm³/mol. The highest BCUT2D eigenvalue weighted by Crippen LogP contribution is 2.54. The fourth-order valence-electron chi connectivity index (χ4n) is 3.84. The van der Waals surface area contributed by atoms with E-state index in [1.807, 2.05) is 24.3 Å². The van der Waals surface area contributed by atoms with E-state index in [9.17, 15) is 9.59 Å². The first-order chi connectivity index (χ1) is 11.2. The van der Waals surface area contributed by atoms with Crippen molar-refractivity contribution in [3.8, 4) is 0 Å². The number of rotatable bonds is 4. The van der Waals surface area contributed by atoms with Gasteiger partial charge in [0.1, 0.15) is 17.6 Å². The predicted octanol–water partition coefficient (Wildman–Crippen LogP) is 2.44. The van der Waals surface area contributed by atoms with Crippen LogP contribution in [0.15, 0.2) is 28.7 Å². The van der Waals surface area contributed by atoms with Crippen molar-refractivity contribution in [1.82, 2.24) is 15.2 Å². The number of carbonyl (C=O) groups excluding carboxylic acids is 2. The van der Waals surface area contributed by atoms with Crippen molar-refractivity contribution in [2.45, 2.75) is 37.8 Å². The highest BCUT2D eigenvalue weighted by Gasteiger charge is 2.65. The zero-order valence-corrected chi connectivity index (χ0v) is 12.6. The fourth-order valence-corrected chi connectivity index (χ4v) is 3.84. The second-order valence-electron chi connectivity index (χ2n) is 6.81. The van der Waals surface area contributed by atoms with E-state index in [1.54, 1.807) is 0 Å². The molecule has 3 aliphatic rings. The molecule has 5 rings (SSSR count). The van der Waals surface area contributed by atoms with Crippen LogP contribution in [0, 0.1) is 11.8 Å². The maximum atomic E-state index is 13.0. The fraction of sp³-hybridized carbons (Fsp3) is 0.471. The summed E-state index contributed by atoms with van der Waals surface area (Å²) in [6.45, 7) is 0.0978. The average Bonchev–Trinajstić information content (AvgIpc) is 3.45. The van der Waals surface area contributed by atoms with E-state index < -0.39 is 5.54 Å². The van der Waals surface area contributed by atoms with Gasteiger partial charge in [0.2, 0.25) is 5.89 Å². The number of benzene rings is 1. The van der Waals surface area contributed by atoms with Crippen LogP contribution in [-0.4, -0.2) is 27.4 Å². The van der Waals surface area contributed by atoms with E-state index in [-0.39, 0.29) is 18.5 Å². The molecule has 118 valence electrons. The molecule has 6 heteroatoms. The second-order valence-corrected chi connectivity index (χ2v) is 6.81. The first kappa shape index (κ1) is 13.1. The van der Waals surface area contributed by atoms with Crippen molar-refractivity contribution in [1.29, 1.82) is 0 Å². The number of hydrogen-bond donors (Lipinski definition) is 1. The van der Waals surface area contributed by atoms with Gasteiger partial charge in [0.15, 0.2) is 5.58 Å². The molecule has 0 atom stereocenters. The monoisotopic (exact) mass is 311 g/mol. The van der Waals surface area contributed by atoms with Gasteiger partial charge in [-0.05, 0) is 49.7 Å². The number of aromatic nitrogens is 1. The lowest BCUT2D eigenvalue weighted by Crippen LogP contribution is -2.51. The van der Waals surface area contributed by atoms with Crippen LogP contribution in [0.3, 0.4) is 0 Å². The summed E-state index contributed by atoms with van der Waals surface area (Å²) in [4.78, 5) is 31.1. The first-order valence-corrected chi connectivity index (χ1v) is 8.17. The van der Waals surface area contributed by atoms with Crippen molar-refractivity contribution in [3.05, 3.63) is 30.2 Å². The molecule has 3 amide bonds. The van der Waals surface area contributed by atoms with Gasteiger partial charge < -0.3 is 9.73 Å². The molecule has 3 fully saturated rings. The SMILES string of the molecule is O=C1NC(C2CC2)(C2CC2)C(=O)N1Cc1nc2ccccc2o1. The first-order valence-electron chi connectivity index (χ1n) is 8.17. The zero-order chi connectivity index (χ0) is 15.6. The Kier molecular flexibility index (Phi) is 2.47. The van der Waals surface area contributed by atoms with Gasteiger partial charge in [0, 0.05) is 0 Å². The zero-order valence-electron chi connectivity index (χ0n) is 12.6. The summed E-state index contributed by atoms with van der Waals surface area (Å²) in [5.74, 6) is 0.923. The molecule has 0 bridgehead atoms. The van der Waals surface area contributed by atoms with Gasteiger partial charge in [-0.2, -0.15) is 0 Å². The van der Waals surface area contributed by atoms with Gasteiger partial charge in [0.05, 0.1) is 0 Å². The maximum Gasteiger partial charge on any atom is 0.325 e. The number of nitrogens with zero attached hydrogens (tertiary/aromatic N) is 2. The van der Waals surface area contributed by atoms with Crippen LogP contribution >= 0.6 is 0 Å². The molecule has 23 heavy (non-hydrogen) atoms. The molecule has 1 aromatic carbocycles. The highest BCUT2D eigenvalue weighted by molar-refractivity contribution is 6.07. The lowest BCUT2D eigenvalue weighted by atomic mass is 9.87. The molecule has 0 spiro atoms. The normalized spacial score (nSPS) is 23.6. The number of para-hydroxylation sites is 2. The Morgan fingerprint density at radius 3 is 2.52 bits per heavy atom. The Morgan fingerprint density at radius 2 is 1.87 bits per heavy atom. The number of hydrogen-bond acceptors (Lipinski definition) is 4. The Morgan fingerprint density at radius 1 is 1.17 bits per heavy atom. The standard InChI is InChI=1S/C17H17N3O3/c21-15-17(10-5-6-10,11-7-8-11)19-16(22)20(15)9-14-18-12-3-1-2-4-13(12)23-14/h1-4,10-11H,5-9H2,(H,19,22). The Labute approximate surface area is 132 Å². The Hall–Kier alpha value is -2.37. The topological polar surface area (TPSA) is 75.4 Å². The average molecular weight is 311 g/mol. The number of urea groups is 1. The molecule has 2 saturated carbocycles. The third-order valence-electron chi connectivity index (χ3n) is 5.23. The molecule has 6 nitrogen and oxygen atoms in total. The molecule has 1 aliphatic heterocycles. The van der Waals surface area contributed by atoms with Crippen molar-refractivity contribution in [2.24, 2.45) is 11.8 Å². The van der Waals surface area contributed by atoms with Gasteiger partial charge in [0.25, 0.3) is 5.91 Å². The van der Waals surface area contributed by atoms with Crippen LogP contribution in [0.5, 0.6) is 0 Å². The number of nitrogens with one attached hydrogen (secondary N) is 1. The van der Waals surface area contributed by atoms with Crippen molar-refractivity contribution < 1.29 is 14.0 Å². The summed E-state index contributed by atoms with van der Waals surface area (Å²) < 4.78 is 5.66. The van der Waals surface area contributed by atoms with Gasteiger partial charge in [-0.3, -0.25) is 9.69 Å². The molecule has 1 saturated heterocycles. The highest BCUT2D eigenvalue weighted by atomic mass is 16.3. The Balaban J connectivity index is 1.46. The number of carbonyl (C=O) groups is 2. The number of fused-ring (bicyclic) bond motifs is 1.